The predicted octanol–water partition coefficient (Wildman–Crippen LogP) is 1.28. The fraction of sp³-hybridized carbons (Fsp3) is 0.667. The van der Waals surface area contributed by atoms with Gasteiger partial charge in [-0.1, -0.05) is 0 Å². The second-order valence-electron chi connectivity index (χ2n) is 4.38. The van der Waals surface area contributed by atoms with Gasteiger partial charge in [-0.25, -0.2) is 9.97 Å². The van der Waals surface area contributed by atoms with Crippen molar-refractivity contribution in [2.24, 2.45) is 0 Å². The van der Waals surface area contributed by atoms with Gasteiger partial charge in [0.25, 0.3) is 0 Å². The Morgan fingerprint density at radius 3 is 2.56 bits per heavy atom. The first-order valence-electron chi connectivity index (χ1n) is 6.00. The van der Waals surface area contributed by atoms with E-state index in [1.807, 2.05) is 19.9 Å². The summed E-state index contributed by atoms with van der Waals surface area (Å²) in [6.07, 6.45) is 1.18. The van der Waals surface area contributed by atoms with Crippen LogP contribution in [0.5, 0.6) is 0 Å². The zero-order chi connectivity index (χ0) is 11.5. The molecule has 2 heterocycles. The number of aryl methyl sites for hydroxylation is 2. The molecular weight excluding hydrogens is 200 g/mol. The van der Waals surface area contributed by atoms with Crippen LogP contribution in [-0.4, -0.2) is 35.6 Å². The van der Waals surface area contributed by atoms with E-state index in [9.17, 15) is 0 Å². The van der Waals surface area contributed by atoms with Crippen molar-refractivity contribution in [3.63, 3.8) is 0 Å². The normalized spacial score (nSPS) is 20.1. The zero-order valence-electron chi connectivity index (χ0n) is 10.3. The molecule has 16 heavy (non-hydrogen) atoms. The number of anilines is 1. The molecule has 1 fully saturated rings. The van der Waals surface area contributed by atoms with Gasteiger partial charge in [-0.15, -0.1) is 0 Å². The van der Waals surface area contributed by atoms with Crippen LogP contribution in [0, 0.1) is 13.8 Å². The van der Waals surface area contributed by atoms with Crippen LogP contribution >= 0.6 is 0 Å². The molecule has 0 radical (unpaired) electrons. The summed E-state index contributed by atoms with van der Waals surface area (Å²) in [6, 6.07) is 2.57. The van der Waals surface area contributed by atoms with Gasteiger partial charge in [-0.2, -0.15) is 0 Å². The highest BCUT2D eigenvalue weighted by molar-refractivity contribution is 5.34. The van der Waals surface area contributed by atoms with E-state index in [4.69, 9.17) is 0 Å². The minimum Gasteiger partial charge on any atom is -0.337 e. The van der Waals surface area contributed by atoms with E-state index >= 15 is 0 Å². The van der Waals surface area contributed by atoms with Gasteiger partial charge in [0, 0.05) is 30.5 Å². The maximum atomic E-state index is 4.54. The summed E-state index contributed by atoms with van der Waals surface area (Å²) in [5, 5.41) is 3.39. The van der Waals surface area contributed by atoms with Gasteiger partial charge in [-0.05, 0) is 39.8 Å². The maximum Gasteiger partial charge on any atom is 0.226 e. The lowest BCUT2D eigenvalue weighted by Crippen LogP contribution is -2.38. The van der Waals surface area contributed by atoms with Gasteiger partial charge in [-0.3, -0.25) is 0 Å². The van der Waals surface area contributed by atoms with Crippen molar-refractivity contribution >= 4 is 5.95 Å². The standard InChI is InChI=1S/C12H20N4/c1-4-16(11-5-6-13-8-11)12-14-9(2)7-10(3)15-12/h7,11,13H,4-6,8H2,1-3H3. The van der Waals surface area contributed by atoms with Crippen LogP contribution in [-0.2, 0) is 0 Å². The summed E-state index contributed by atoms with van der Waals surface area (Å²) in [7, 11) is 0. The summed E-state index contributed by atoms with van der Waals surface area (Å²) in [6.45, 7) is 9.34. The molecule has 1 aromatic rings. The van der Waals surface area contributed by atoms with E-state index in [-0.39, 0.29) is 0 Å². The van der Waals surface area contributed by atoms with Gasteiger partial charge >= 0.3 is 0 Å². The number of hydrogen-bond acceptors (Lipinski definition) is 4. The molecule has 1 unspecified atom stereocenters. The average Bonchev–Trinajstić information content (AvgIpc) is 2.70. The minimum absolute atomic E-state index is 0.547. The lowest BCUT2D eigenvalue weighted by Gasteiger charge is -2.27. The quantitative estimate of drug-likeness (QED) is 0.833. The number of nitrogens with zero attached hydrogens (tertiary/aromatic N) is 3. The Kier molecular flexibility index (Phi) is 3.39. The third kappa shape index (κ3) is 2.32. The van der Waals surface area contributed by atoms with Gasteiger partial charge in [0.15, 0.2) is 0 Å². The summed E-state index contributed by atoms with van der Waals surface area (Å²) in [4.78, 5) is 11.4. The highest BCUT2D eigenvalue weighted by Gasteiger charge is 2.23. The smallest absolute Gasteiger partial charge is 0.226 e. The second kappa shape index (κ2) is 4.78. The van der Waals surface area contributed by atoms with E-state index in [1.165, 1.54) is 6.42 Å². The van der Waals surface area contributed by atoms with Crippen molar-refractivity contribution in [3.8, 4) is 0 Å². The van der Waals surface area contributed by atoms with Crippen molar-refractivity contribution in [2.75, 3.05) is 24.5 Å². The van der Waals surface area contributed by atoms with Crippen LogP contribution in [0.2, 0.25) is 0 Å². The molecule has 4 nitrogen and oxygen atoms in total. The Balaban J connectivity index is 2.24. The second-order valence-corrected chi connectivity index (χ2v) is 4.38. The first-order chi connectivity index (χ1) is 7.70. The highest BCUT2D eigenvalue weighted by atomic mass is 15.3. The highest BCUT2D eigenvalue weighted by Crippen LogP contribution is 2.16. The molecule has 0 saturated carbocycles. The van der Waals surface area contributed by atoms with Gasteiger partial charge in [0.1, 0.15) is 0 Å². The van der Waals surface area contributed by atoms with Crippen molar-refractivity contribution in [1.29, 1.82) is 0 Å². The van der Waals surface area contributed by atoms with Gasteiger partial charge < -0.3 is 10.2 Å². The molecule has 0 aromatic carbocycles. The predicted molar refractivity (Wildman–Crippen MR) is 65.8 cm³/mol. The van der Waals surface area contributed by atoms with Crippen LogP contribution in [0.4, 0.5) is 5.95 Å². The monoisotopic (exact) mass is 220 g/mol. The Morgan fingerprint density at radius 2 is 2.06 bits per heavy atom. The van der Waals surface area contributed by atoms with Crippen molar-refractivity contribution < 1.29 is 0 Å². The fourth-order valence-electron chi connectivity index (χ4n) is 2.30. The lowest BCUT2D eigenvalue weighted by atomic mass is 10.2. The van der Waals surface area contributed by atoms with Gasteiger partial charge in [0.2, 0.25) is 5.95 Å². The van der Waals surface area contributed by atoms with E-state index in [0.29, 0.717) is 6.04 Å². The van der Waals surface area contributed by atoms with Crippen LogP contribution in [0.25, 0.3) is 0 Å². The van der Waals surface area contributed by atoms with Crippen molar-refractivity contribution in [1.82, 2.24) is 15.3 Å². The van der Waals surface area contributed by atoms with Crippen molar-refractivity contribution in [2.45, 2.75) is 33.2 Å². The van der Waals surface area contributed by atoms with E-state index in [2.05, 4.69) is 27.1 Å². The lowest BCUT2D eigenvalue weighted by molar-refractivity contribution is 0.629. The molecule has 1 aromatic heterocycles. The Morgan fingerprint density at radius 1 is 1.38 bits per heavy atom. The number of hydrogen-bond donors (Lipinski definition) is 1. The van der Waals surface area contributed by atoms with E-state index < -0.39 is 0 Å². The third-order valence-corrected chi connectivity index (χ3v) is 3.04. The number of likely N-dealkylation sites (N-methyl/N-ethyl adjacent to an activating group) is 1. The summed E-state index contributed by atoms with van der Waals surface area (Å²) >= 11 is 0. The van der Waals surface area contributed by atoms with Crippen LogP contribution in [0.15, 0.2) is 6.07 Å². The molecule has 1 aliphatic rings. The maximum absolute atomic E-state index is 4.54. The molecule has 2 rings (SSSR count). The Bertz CT molecular complexity index is 338. The molecule has 1 atom stereocenters. The third-order valence-electron chi connectivity index (χ3n) is 3.04. The van der Waals surface area contributed by atoms with E-state index in [1.54, 1.807) is 0 Å². The molecule has 1 aliphatic heterocycles. The largest absolute Gasteiger partial charge is 0.337 e. The molecule has 1 saturated heterocycles. The van der Waals surface area contributed by atoms with Crippen LogP contribution in [0.3, 0.4) is 0 Å². The molecule has 1 N–H and O–H groups in total. The SMILES string of the molecule is CCN(c1nc(C)cc(C)n1)C1CCNC1. The summed E-state index contributed by atoms with van der Waals surface area (Å²) in [5.41, 5.74) is 2.10. The fourth-order valence-corrected chi connectivity index (χ4v) is 2.30. The molecule has 0 aliphatic carbocycles. The average molecular weight is 220 g/mol. The first kappa shape index (κ1) is 11.3. The van der Waals surface area contributed by atoms with Crippen LogP contribution in [0.1, 0.15) is 24.7 Å². The number of nitrogens with one attached hydrogen (secondary N) is 1. The molecule has 0 spiro atoms. The summed E-state index contributed by atoms with van der Waals surface area (Å²) < 4.78 is 0. The molecule has 88 valence electrons. The summed E-state index contributed by atoms with van der Waals surface area (Å²) in [5.74, 6) is 0.883. The zero-order valence-corrected chi connectivity index (χ0v) is 10.3. The molecule has 4 heteroatoms. The van der Waals surface area contributed by atoms with Gasteiger partial charge in [0.05, 0.1) is 0 Å². The minimum atomic E-state index is 0.547. The van der Waals surface area contributed by atoms with Crippen molar-refractivity contribution in [3.05, 3.63) is 17.5 Å². The number of rotatable bonds is 3. The molecule has 0 amide bonds. The van der Waals surface area contributed by atoms with Crippen LogP contribution < -0.4 is 10.2 Å². The molecule has 0 bridgehead atoms. The first-order valence-corrected chi connectivity index (χ1v) is 6.00. The topological polar surface area (TPSA) is 41.1 Å². The number of aromatic nitrogens is 2. The Labute approximate surface area is 97.1 Å². The van der Waals surface area contributed by atoms with E-state index in [0.717, 1.165) is 37.0 Å². The Hall–Kier alpha value is -1.16. The molecular formula is C12H20N4.